The minimum atomic E-state index is -1.13. The lowest BCUT2D eigenvalue weighted by Gasteiger charge is -2.16. The Hall–Kier alpha value is -0.603. The lowest BCUT2D eigenvalue weighted by atomic mass is 10.2. The Balaban J connectivity index is 2.27. The van der Waals surface area contributed by atoms with Crippen molar-refractivity contribution in [2.75, 3.05) is 6.54 Å². The zero-order chi connectivity index (χ0) is 13.4. The highest BCUT2D eigenvalue weighted by Gasteiger charge is 2.15. The molecule has 18 heavy (non-hydrogen) atoms. The van der Waals surface area contributed by atoms with Gasteiger partial charge in [0.2, 0.25) is 0 Å². The van der Waals surface area contributed by atoms with Crippen LogP contribution in [0.2, 0.25) is 19.6 Å². The first-order chi connectivity index (χ1) is 8.54. The predicted molar refractivity (Wildman–Crippen MR) is 85.3 cm³/mol. The van der Waals surface area contributed by atoms with Crippen LogP contribution in [-0.4, -0.2) is 14.6 Å². The molecule has 0 saturated carbocycles. The number of benzene rings is 1. The Kier molecular flexibility index (Phi) is 6.65. The second-order valence-electron chi connectivity index (χ2n) is 6.18. The molecule has 0 aliphatic rings. The third-order valence-corrected chi connectivity index (χ3v) is 5.42. The monoisotopic (exact) mass is 263 g/mol. The molecular formula is C16H29NSi. The minimum Gasteiger partial charge on any atom is -0.313 e. The number of rotatable bonds is 8. The Morgan fingerprint density at radius 2 is 1.61 bits per heavy atom. The molecule has 0 aliphatic heterocycles. The van der Waals surface area contributed by atoms with Gasteiger partial charge >= 0.3 is 0 Å². The molecule has 0 spiro atoms. The topological polar surface area (TPSA) is 12.0 Å². The van der Waals surface area contributed by atoms with Gasteiger partial charge in [0.25, 0.3) is 0 Å². The summed E-state index contributed by atoms with van der Waals surface area (Å²) in [7, 11) is -1.13. The Morgan fingerprint density at radius 1 is 0.944 bits per heavy atom. The van der Waals surface area contributed by atoms with Crippen LogP contribution >= 0.6 is 0 Å². The van der Waals surface area contributed by atoms with Crippen molar-refractivity contribution in [3.05, 3.63) is 29.8 Å². The van der Waals surface area contributed by atoms with Crippen molar-refractivity contribution < 1.29 is 0 Å². The Bertz CT molecular complexity index is 324. The molecule has 102 valence electrons. The van der Waals surface area contributed by atoms with Gasteiger partial charge in [-0.25, -0.2) is 0 Å². The van der Waals surface area contributed by atoms with Gasteiger partial charge < -0.3 is 5.32 Å². The standard InChI is InChI=1S/C16H29NSi/c1-5-6-7-8-13-17-14-15-9-11-16(12-10-15)18(2,3)4/h9-12,17H,5-8,13-14H2,1-4H3. The summed E-state index contributed by atoms with van der Waals surface area (Å²) < 4.78 is 0. The molecule has 0 amide bonds. The molecule has 0 heterocycles. The van der Waals surface area contributed by atoms with Gasteiger partial charge in [0.1, 0.15) is 0 Å². The summed E-state index contributed by atoms with van der Waals surface area (Å²) in [5.74, 6) is 0. The van der Waals surface area contributed by atoms with Crippen LogP contribution in [-0.2, 0) is 6.54 Å². The minimum absolute atomic E-state index is 1.01. The largest absolute Gasteiger partial charge is 0.313 e. The van der Waals surface area contributed by atoms with E-state index in [1.807, 2.05) is 0 Å². The summed E-state index contributed by atoms with van der Waals surface area (Å²) in [6.07, 6.45) is 5.35. The second kappa shape index (κ2) is 7.75. The van der Waals surface area contributed by atoms with E-state index in [1.165, 1.54) is 31.2 Å². The lowest BCUT2D eigenvalue weighted by Crippen LogP contribution is -2.37. The van der Waals surface area contributed by atoms with E-state index >= 15 is 0 Å². The third kappa shape index (κ3) is 5.83. The van der Waals surface area contributed by atoms with Crippen LogP contribution in [0, 0.1) is 0 Å². The first-order valence-electron chi connectivity index (χ1n) is 7.34. The molecule has 1 aromatic carbocycles. The molecule has 0 unspecified atom stereocenters. The van der Waals surface area contributed by atoms with Gasteiger partial charge in [-0.1, -0.05) is 75.3 Å². The maximum atomic E-state index is 3.53. The molecule has 1 aromatic rings. The summed E-state index contributed by atoms with van der Waals surface area (Å²) in [6, 6.07) is 9.21. The van der Waals surface area contributed by atoms with Crippen LogP contribution < -0.4 is 10.5 Å². The number of nitrogens with one attached hydrogen (secondary N) is 1. The SMILES string of the molecule is CCCCCCNCc1ccc([Si](C)(C)C)cc1. The maximum absolute atomic E-state index is 3.53. The molecule has 1 nitrogen and oxygen atoms in total. The zero-order valence-electron chi connectivity index (χ0n) is 12.6. The van der Waals surface area contributed by atoms with Gasteiger partial charge in [0.05, 0.1) is 8.07 Å². The Morgan fingerprint density at radius 3 is 2.17 bits per heavy atom. The van der Waals surface area contributed by atoms with Crippen LogP contribution in [0.25, 0.3) is 0 Å². The molecule has 0 aromatic heterocycles. The number of unbranched alkanes of at least 4 members (excludes halogenated alkanes) is 3. The molecule has 0 fully saturated rings. The average Bonchev–Trinajstić information content (AvgIpc) is 2.33. The molecule has 0 atom stereocenters. The molecule has 0 radical (unpaired) electrons. The molecule has 2 heteroatoms. The summed E-state index contributed by atoms with van der Waals surface area (Å²) in [5.41, 5.74) is 1.41. The van der Waals surface area contributed by atoms with Crippen LogP contribution in [0.5, 0.6) is 0 Å². The molecule has 0 bridgehead atoms. The fourth-order valence-electron chi connectivity index (χ4n) is 2.03. The van der Waals surface area contributed by atoms with Crippen LogP contribution in [0.15, 0.2) is 24.3 Å². The second-order valence-corrected chi connectivity index (χ2v) is 11.3. The zero-order valence-corrected chi connectivity index (χ0v) is 13.6. The average molecular weight is 264 g/mol. The highest BCUT2D eigenvalue weighted by atomic mass is 28.3. The smallest absolute Gasteiger partial charge is 0.0775 e. The van der Waals surface area contributed by atoms with Crippen molar-refractivity contribution in [3.63, 3.8) is 0 Å². The van der Waals surface area contributed by atoms with Crippen LogP contribution in [0.3, 0.4) is 0 Å². The summed E-state index contributed by atoms with van der Waals surface area (Å²) in [6.45, 7) is 11.6. The first kappa shape index (κ1) is 15.5. The van der Waals surface area contributed by atoms with Gasteiger partial charge in [-0.05, 0) is 18.5 Å². The van der Waals surface area contributed by atoms with Gasteiger partial charge in [-0.3, -0.25) is 0 Å². The summed E-state index contributed by atoms with van der Waals surface area (Å²) in [4.78, 5) is 0. The van der Waals surface area contributed by atoms with Gasteiger partial charge in [-0.2, -0.15) is 0 Å². The van der Waals surface area contributed by atoms with Gasteiger partial charge in [0.15, 0.2) is 0 Å². The summed E-state index contributed by atoms with van der Waals surface area (Å²) in [5, 5.41) is 5.08. The van der Waals surface area contributed by atoms with E-state index in [9.17, 15) is 0 Å². The van der Waals surface area contributed by atoms with E-state index in [1.54, 1.807) is 5.19 Å². The van der Waals surface area contributed by atoms with Crippen molar-refractivity contribution in [2.45, 2.75) is 58.8 Å². The molecule has 0 aliphatic carbocycles. The van der Waals surface area contributed by atoms with Crippen molar-refractivity contribution in [3.8, 4) is 0 Å². The van der Waals surface area contributed by atoms with Gasteiger partial charge in [0, 0.05) is 6.54 Å². The molecule has 1 rings (SSSR count). The molecule has 1 N–H and O–H groups in total. The van der Waals surface area contributed by atoms with Gasteiger partial charge in [-0.15, -0.1) is 0 Å². The van der Waals surface area contributed by atoms with Crippen LogP contribution in [0.1, 0.15) is 38.2 Å². The first-order valence-corrected chi connectivity index (χ1v) is 10.8. The van der Waals surface area contributed by atoms with Crippen molar-refractivity contribution in [1.29, 1.82) is 0 Å². The highest BCUT2D eigenvalue weighted by molar-refractivity contribution is 6.88. The predicted octanol–water partition coefficient (Wildman–Crippen LogP) is 3.90. The van der Waals surface area contributed by atoms with E-state index < -0.39 is 8.07 Å². The number of hydrogen-bond acceptors (Lipinski definition) is 1. The van der Waals surface area contributed by atoms with E-state index in [4.69, 9.17) is 0 Å². The van der Waals surface area contributed by atoms with E-state index in [0.717, 1.165) is 13.1 Å². The van der Waals surface area contributed by atoms with Crippen molar-refractivity contribution >= 4 is 13.3 Å². The van der Waals surface area contributed by atoms with E-state index in [-0.39, 0.29) is 0 Å². The summed E-state index contributed by atoms with van der Waals surface area (Å²) >= 11 is 0. The van der Waals surface area contributed by atoms with Crippen LogP contribution in [0.4, 0.5) is 0 Å². The lowest BCUT2D eigenvalue weighted by molar-refractivity contribution is 0.598. The molecular weight excluding hydrogens is 234 g/mol. The van der Waals surface area contributed by atoms with E-state index in [2.05, 4.69) is 56.1 Å². The fourth-order valence-corrected chi connectivity index (χ4v) is 3.20. The fraction of sp³-hybridized carbons (Fsp3) is 0.625. The number of hydrogen-bond donors (Lipinski definition) is 1. The van der Waals surface area contributed by atoms with Crippen molar-refractivity contribution in [1.82, 2.24) is 5.32 Å². The maximum Gasteiger partial charge on any atom is 0.0775 e. The third-order valence-electron chi connectivity index (χ3n) is 3.36. The quantitative estimate of drug-likeness (QED) is 0.554. The van der Waals surface area contributed by atoms with Crippen molar-refractivity contribution in [2.24, 2.45) is 0 Å². The normalized spacial score (nSPS) is 11.8. The van der Waals surface area contributed by atoms with E-state index in [0.29, 0.717) is 0 Å². The molecule has 0 saturated heterocycles. The Labute approximate surface area is 114 Å². The highest BCUT2D eigenvalue weighted by Crippen LogP contribution is 2.04.